The maximum atomic E-state index is 5.56. The first-order valence-corrected chi connectivity index (χ1v) is 4.65. The molecule has 0 amide bonds. The Morgan fingerprint density at radius 2 is 2.46 bits per heavy atom. The van der Waals surface area contributed by atoms with E-state index in [1.807, 2.05) is 0 Å². The van der Waals surface area contributed by atoms with Crippen LogP contribution in [-0.4, -0.2) is 25.8 Å². The van der Waals surface area contributed by atoms with Gasteiger partial charge in [-0.25, -0.2) is 0 Å². The molecule has 2 aliphatic heterocycles. The van der Waals surface area contributed by atoms with E-state index in [0.717, 1.165) is 13.0 Å². The molecule has 0 spiro atoms. The standard InChI is InChI=1S/C10H14O3/c1-3-5-11-9-7(2)8-4-6-12-10(8)13-9/h1,7-10H,4-6H2,2H3/t7-,8+,9-,10-/m1/s1. The Morgan fingerprint density at radius 3 is 3.15 bits per heavy atom. The average Bonchev–Trinajstić information content (AvgIpc) is 2.67. The monoisotopic (exact) mass is 182 g/mol. The molecule has 0 unspecified atom stereocenters. The zero-order valence-electron chi connectivity index (χ0n) is 7.73. The largest absolute Gasteiger partial charge is 0.352 e. The summed E-state index contributed by atoms with van der Waals surface area (Å²) in [7, 11) is 0. The zero-order valence-corrected chi connectivity index (χ0v) is 7.73. The van der Waals surface area contributed by atoms with E-state index < -0.39 is 0 Å². The van der Waals surface area contributed by atoms with E-state index in [1.54, 1.807) is 0 Å². The molecule has 2 heterocycles. The lowest BCUT2D eigenvalue weighted by Gasteiger charge is -2.16. The number of hydrogen-bond acceptors (Lipinski definition) is 3. The Balaban J connectivity index is 1.91. The Hall–Kier alpha value is -0.560. The van der Waals surface area contributed by atoms with Crippen LogP contribution in [-0.2, 0) is 14.2 Å². The smallest absolute Gasteiger partial charge is 0.165 e. The molecule has 0 bridgehead atoms. The van der Waals surface area contributed by atoms with E-state index >= 15 is 0 Å². The van der Waals surface area contributed by atoms with Gasteiger partial charge in [0.25, 0.3) is 0 Å². The second-order valence-electron chi connectivity index (χ2n) is 3.57. The van der Waals surface area contributed by atoms with Crippen LogP contribution in [0.3, 0.4) is 0 Å². The van der Waals surface area contributed by atoms with Crippen molar-refractivity contribution in [3.63, 3.8) is 0 Å². The predicted octanol–water partition coefficient (Wildman–Crippen LogP) is 0.991. The fraction of sp³-hybridized carbons (Fsp3) is 0.800. The molecule has 0 saturated carbocycles. The molecule has 2 fully saturated rings. The summed E-state index contributed by atoms with van der Waals surface area (Å²) in [4.78, 5) is 0. The van der Waals surface area contributed by atoms with Crippen molar-refractivity contribution >= 4 is 0 Å². The summed E-state index contributed by atoms with van der Waals surface area (Å²) in [5.41, 5.74) is 0. The van der Waals surface area contributed by atoms with E-state index in [0.29, 0.717) is 18.4 Å². The maximum Gasteiger partial charge on any atom is 0.165 e. The quantitative estimate of drug-likeness (QED) is 0.596. The first-order chi connectivity index (χ1) is 6.33. The van der Waals surface area contributed by atoms with Crippen LogP contribution in [0.25, 0.3) is 0 Å². The molecule has 2 aliphatic rings. The van der Waals surface area contributed by atoms with Crippen molar-refractivity contribution in [3.05, 3.63) is 0 Å². The Morgan fingerprint density at radius 1 is 1.62 bits per heavy atom. The molecular formula is C10H14O3. The van der Waals surface area contributed by atoms with Gasteiger partial charge in [0.1, 0.15) is 6.61 Å². The highest BCUT2D eigenvalue weighted by molar-refractivity contribution is 4.87. The fourth-order valence-corrected chi connectivity index (χ4v) is 2.01. The molecule has 2 rings (SSSR count). The van der Waals surface area contributed by atoms with Gasteiger partial charge >= 0.3 is 0 Å². The first kappa shape index (κ1) is 9.01. The molecule has 0 aliphatic carbocycles. The summed E-state index contributed by atoms with van der Waals surface area (Å²) in [6.45, 7) is 3.25. The minimum Gasteiger partial charge on any atom is -0.352 e. The maximum absolute atomic E-state index is 5.56. The summed E-state index contributed by atoms with van der Waals surface area (Å²) in [5.74, 6) is 3.32. The molecule has 2 saturated heterocycles. The van der Waals surface area contributed by atoms with E-state index in [4.69, 9.17) is 20.6 Å². The van der Waals surface area contributed by atoms with Crippen LogP contribution in [0.2, 0.25) is 0 Å². The van der Waals surface area contributed by atoms with Gasteiger partial charge in [-0.05, 0) is 6.42 Å². The van der Waals surface area contributed by atoms with Gasteiger partial charge in [-0.2, -0.15) is 0 Å². The molecule has 3 heteroatoms. The first-order valence-electron chi connectivity index (χ1n) is 4.65. The van der Waals surface area contributed by atoms with Gasteiger partial charge in [-0.3, -0.25) is 0 Å². The van der Waals surface area contributed by atoms with E-state index in [2.05, 4.69) is 12.8 Å². The normalized spacial score (nSPS) is 43.1. The van der Waals surface area contributed by atoms with Gasteiger partial charge in [-0.15, -0.1) is 6.42 Å². The SMILES string of the molecule is C#CCO[C@@H]1O[C@H]2OCC[C@H]2[C@H]1C. The van der Waals surface area contributed by atoms with Crippen LogP contribution < -0.4 is 0 Å². The Labute approximate surface area is 78.4 Å². The highest BCUT2D eigenvalue weighted by atomic mass is 16.8. The molecule has 4 atom stereocenters. The lowest BCUT2D eigenvalue weighted by Crippen LogP contribution is -2.21. The van der Waals surface area contributed by atoms with Gasteiger partial charge in [0.15, 0.2) is 12.6 Å². The molecule has 0 N–H and O–H groups in total. The van der Waals surface area contributed by atoms with Crippen molar-refractivity contribution in [1.82, 2.24) is 0 Å². The lowest BCUT2D eigenvalue weighted by atomic mass is 9.94. The van der Waals surface area contributed by atoms with Crippen LogP contribution in [0, 0.1) is 24.2 Å². The molecule has 0 radical (unpaired) electrons. The van der Waals surface area contributed by atoms with Crippen LogP contribution in [0.1, 0.15) is 13.3 Å². The van der Waals surface area contributed by atoms with Crippen molar-refractivity contribution in [2.45, 2.75) is 25.9 Å². The van der Waals surface area contributed by atoms with Crippen LogP contribution in [0.5, 0.6) is 0 Å². The molecule has 0 aromatic heterocycles. The minimum atomic E-state index is -0.175. The van der Waals surface area contributed by atoms with Crippen molar-refractivity contribution < 1.29 is 14.2 Å². The summed E-state index contributed by atoms with van der Waals surface area (Å²) >= 11 is 0. The number of ether oxygens (including phenoxy) is 3. The van der Waals surface area contributed by atoms with Gasteiger partial charge in [0, 0.05) is 11.8 Å². The van der Waals surface area contributed by atoms with E-state index in [1.165, 1.54) is 0 Å². The van der Waals surface area contributed by atoms with Crippen LogP contribution in [0.15, 0.2) is 0 Å². The van der Waals surface area contributed by atoms with Crippen molar-refractivity contribution in [2.75, 3.05) is 13.2 Å². The van der Waals surface area contributed by atoms with Crippen molar-refractivity contribution in [3.8, 4) is 12.3 Å². The molecule has 72 valence electrons. The van der Waals surface area contributed by atoms with Crippen molar-refractivity contribution in [2.24, 2.45) is 11.8 Å². The number of hydrogen-bond donors (Lipinski definition) is 0. The van der Waals surface area contributed by atoms with Crippen LogP contribution >= 0.6 is 0 Å². The number of terminal acetylenes is 1. The molecule has 3 nitrogen and oxygen atoms in total. The molecule has 0 aromatic rings. The highest BCUT2D eigenvalue weighted by Gasteiger charge is 2.45. The third-order valence-electron chi connectivity index (χ3n) is 2.79. The third-order valence-corrected chi connectivity index (χ3v) is 2.79. The zero-order chi connectivity index (χ0) is 9.26. The summed E-state index contributed by atoms with van der Waals surface area (Å²) in [5, 5.41) is 0. The van der Waals surface area contributed by atoms with Gasteiger partial charge in [-0.1, -0.05) is 12.8 Å². The lowest BCUT2D eigenvalue weighted by molar-refractivity contribution is -0.198. The second kappa shape index (κ2) is 3.67. The van der Waals surface area contributed by atoms with E-state index in [9.17, 15) is 0 Å². The molecule has 13 heavy (non-hydrogen) atoms. The third kappa shape index (κ3) is 1.58. The van der Waals surface area contributed by atoms with E-state index in [-0.39, 0.29) is 12.6 Å². The molecular weight excluding hydrogens is 168 g/mol. The Bertz CT molecular complexity index is 221. The van der Waals surface area contributed by atoms with Gasteiger partial charge in [0.2, 0.25) is 0 Å². The average molecular weight is 182 g/mol. The molecule has 0 aromatic carbocycles. The van der Waals surface area contributed by atoms with Gasteiger partial charge in [0.05, 0.1) is 6.61 Å². The minimum absolute atomic E-state index is 0.0576. The number of rotatable bonds is 2. The topological polar surface area (TPSA) is 27.7 Å². The predicted molar refractivity (Wildman–Crippen MR) is 46.7 cm³/mol. The number of fused-ring (bicyclic) bond motifs is 1. The summed E-state index contributed by atoms with van der Waals surface area (Å²) < 4.78 is 16.3. The van der Waals surface area contributed by atoms with Gasteiger partial charge < -0.3 is 14.2 Å². The Kier molecular flexibility index (Phi) is 2.54. The van der Waals surface area contributed by atoms with Crippen molar-refractivity contribution in [1.29, 1.82) is 0 Å². The summed E-state index contributed by atoms with van der Waals surface area (Å²) in [6, 6.07) is 0. The van der Waals surface area contributed by atoms with Crippen LogP contribution in [0.4, 0.5) is 0 Å². The second-order valence-corrected chi connectivity index (χ2v) is 3.57. The highest BCUT2D eigenvalue weighted by Crippen LogP contribution is 2.39. The summed E-state index contributed by atoms with van der Waals surface area (Å²) in [6.07, 6.45) is 5.94. The fourth-order valence-electron chi connectivity index (χ4n) is 2.01.